The van der Waals surface area contributed by atoms with Crippen LogP contribution in [0.1, 0.15) is 26.3 Å². The topological polar surface area (TPSA) is 43.4 Å². The summed E-state index contributed by atoms with van der Waals surface area (Å²) >= 11 is 3.35. The molecule has 0 spiro atoms. The first-order chi connectivity index (χ1) is 8.27. The van der Waals surface area contributed by atoms with Crippen LogP contribution in [0, 0.1) is 5.92 Å². The third-order valence-electron chi connectivity index (χ3n) is 3.10. The van der Waals surface area contributed by atoms with Gasteiger partial charge in [-0.15, -0.1) is 0 Å². The lowest BCUT2D eigenvalue weighted by atomic mass is 10.2. The molecule has 0 bridgehead atoms. The summed E-state index contributed by atoms with van der Waals surface area (Å²) in [4.78, 5) is 0. The number of methoxy groups -OCH3 is 1. The molecule has 102 valence electrons. The highest BCUT2D eigenvalue weighted by molar-refractivity contribution is 9.10. The molecule has 3 nitrogen and oxygen atoms in total. The third-order valence-corrected chi connectivity index (χ3v) is 5.99. The maximum Gasteiger partial charge on any atom is 0.157 e. The molecule has 0 saturated heterocycles. The lowest BCUT2D eigenvalue weighted by molar-refractivity contribution is 0.410. The maximum absolute atomic E-state index is 12.2. The molecule has 0 amide bonds. The minimum Gasteiger partial charge on any atom is -0.496 e. The predicted octanol–water partition coefficient (Wildman–Crippen LogP) is 3.42. The van der Waals surface area contributed by atoms with Crippen molar-refractivity contribution in [1.29, 1.82) is 0 Å². The Hall–Kier alpha value is -0.550. The van der Waals surface area contributed by atoms with Crippen LogP contribution < -0.4 is 4.74 Å². The highest BCUT2D eigenvalue weighted by Crippen LogP contribution is 2.27. The Morgan fingerprint density at radius 1 is 1.28 bits per heavy atom. The van der Waals surface area contributed by atoms with Crippen LogP contribution >= 0.6 is 15.9 Å². The van der Waals surface area contributed by atoms with Crippen molar-refractivity contribution >= 4 is 25.8 Å². The van der Waals surface area contributed by atoms with E-state index in [9.17, 15) is 8.42 Å². The van der Waals surface area contributed by atoms with Gasteiger partial charge in [0.1, 0.15) is 5.75 Å². The summed E-state index contributed by atoms with van der Waals surface area (Å²) in [5.41, 5.74) is 0.694. The van der Waals surface area contributed by atoms with Gasteiger partial charge < -0.3 is 4.74 Å². The van der Waals surface area contributed by atoms with Gasteiger partial charge in [0.25, 0.3) is 0 Å². The van der Waals surface area contributed by atoms with E-state index in [2.05, 4.69) is 15.9 Å². The summed E-state index contributed by atoms with van der Waals surface area (Å²) in [5.74, 6) is 0.723. The fourth-order valence-electron chi connectivity index (χ4n) is 1.62. The van der Waals surface area contributed by atoms with Gasteiger partial charge in [0.15, 0.2) is 9.84 Å². The van der Waals surface area contributed by atoms with Crippen molar-refractivity contribution in [3.63, 3.8) is 0 Å². The fourth-order valence-corrected chi connectivity index (χ4v) is 3.78. The van der Waals surface area contributed by atoms with Crippen molar-refractivity contribution in [2.75, 3.05) is 7.11 Å². The van der Waals surface area contributed by atoms with Gasteiger partial charge in [-0.25, -0.2) is 8.42 Å². The van der Waals surface area contributed by atoms with Crippen LogP contribution in [0.5, 0.6) is 5.75 Å². The number of hydrogen-bond acceptors (Lipinski definition) is 3. The molecule has 5 heteroatoms. The average molecular weight is 335 g/mol. The molecule has 18 heavy (non-hydrogen) atoms. The minimum atomic E-state index is -3.16. The van der Waals surface area contributed by atoms with Crippen LogP contribution in [0.2, 0.25) is 0 Å². The van der Waals surface area contributed by atoms with E-state index in [1.54, 1.807) is 26.2 Å². The van der Waals surface area contributed by atoms with Crippen LogP contribution in [-0.4, -0.2) is 20.8 Å². The standard InChI is InChI=1S/C13H19BrO3S/c1-9(2)10(3)18(15,16)8-11-7-12(14)5-6-13(11)17-4/h5-7,9-10H,8H2,1-4H3/t10-/m1/s1. The fraction of sp³-hybridized carbons (Fsp3) is 0.538. The van der Waals surface area contributed by atoms with Crippen molar-refractivity contribution < 1.29 is 13.2 Å². The van der Waals surface area contributed by atoms with Gasteiger partial charge in [-0.05, 0) is 31.0 Å². The van der Waals surface area contributed by atoms with Gasteiger partial charge in [-0.2, -0.15) is 0 Å². The molecule has 0 aromatic heterocycles. The van der Waals surface area contributed by atoms with E-state index in [-0.39, 0.29) is 16.9 Å². The lowest BCUT2D eigenvalue weighted by Gasteiger charge is -2.17. The van der Waals surface area contributed by atoms with E-state index in [1.165, 1.54) is 0 Å². The SMILES string of the molecule is COc1ccc(Br)cc1CS(=O)(=O)[C@H](C)C(C)C. The predicted molar refractivity (Wildman–Crippen MR) is 77.6 cm³/mol. The Morgan fingerprint density at radius 2 is 1.89 bits per heavy atom. The Balaban J connectivity index is 3.07. The smallest absolute Gasteiger partial charge is 0.157 e. The molecular formula is C13H19BrO3S. The number of rotatable bonds is 5. The molecule has 1 rings (SSSR count). The second kappa shape index (κ2) is 6.06. The van der Waals surface area contributed by atoms with Gasteiger partial charge in [0.2, 0.25) is 0 Å². The number of benzene rings is 1. The summed E-state index contributed by atoms with van der Waals surface area (Å²) < 4.78 is 30.6. The van der Waals surface area contributed by atoms with Gasteiger partial charge >= 0.3 is 0 Å². The summed E-state index contributed by atoms with van der Waals surface area (Å²) in [5, 5.41) is -0.360. The highest BCUT2D eigenvalue weighted by atomic mass is 79.9. The monoisotopic (exact) mass is 334 g/mol. The number of hydrogen-bond donors (Lipinski definition) is 0. The number of ether oxygens (including phenoxy) is 1. The second-order valence-corrected chi connectivity index (χ2v) is 7.99. The van der Waals surface area contributed by atoms with Crippen LogP contribution in [0.3, 0.4) is 0 Å². The first kappa shape index (κ1) is 15.5. The molecule has 1 aromatic carbocycles. The summed E-state index contributed by atoms with van der Waals surface area (Å²) in [7, 11) is -1.62. The minimum absolute atomic E-state index is 0.00889. The second-order valence-electron chi connectivity index (χ2n) is 4.71. The van der Waals surface area contributed by atoms with E-state index < -0.39 is 9.84 Å². The molecule has 1 aromatic rings. The zero-order valence-electron chi connectivity index (χ0n) is 11.1. The van der Waals surface area contributed by atoms with Crippen LogP contribution in [0.4, 0.5) is 0 Å². The van der Waals surface area contributed by atoms with Crippen LogP contribution in [-0.2, 0) is 15.6 Å². The Bertz CT molecular complexity index is 509. The molecule has 0 aliphatic heterocycles. The van der Waals surface area contributed by atoms with Gasteiger partial charge in [-0.3, -0.25) is 0 Å². The lowest BCUT2D eigenvalue weighted by Crippen LogP contribution is -2.25. The first-order valence-corrected chi connectivity index (χ1v) is 8.32. The Morgan fingerprint density at radius 3 is 2.39 bits per heavy atom. The quantitative estimate of drug-likeness (QED) is 0.828. The molecule has 0 N–H and O–H groups in total. The van der Waals surface area contributed by atoms with Crippen molar-refractivity contribution in [3.05, 3.63) is 28.2 Å². The molecule has 1 atom stereocenters. The van der Waals surface area contributed by atoms with Crippen molar-refractivity contribution in [1.82, 2.24) is 0 Å². The van der Waals surface area contributed by atoms with Gasteiger partial charge in [-0.1, -0.05) is 29.8 Å². The van der Waals surface area contributed by atoms with Crippen molar-refractivity contribution in [2.24, 2.45) is 5.92 Å². The third kappa shape index (κ3) is 3.72. The molecule has 0 fully saturated rings. The van der Waals surface area contributed by atoms with E-state index >= 15 is 0 Å². The van der Waals surface area contributed by atoms with E-state index in [1.807, 2.05) is 19.9 Å². The molecule has 0 aliphatic rings. The van der Waals surface area contributed by atoms with Crippen LogP contribution in [0.15, 0.2) is 22.7 Å². The maximum atomic E-state index is 12.2. The van der Waals surface area contributed by atoms with Gasteiger partial charge in [0, 0.05) is 10.0 Å². The van der Waals surface area contributed by atoms with E-state index in [0.717, 1.165) is 4.47 Å². The van der Waals surface area contributed by atoms with Crippen molar-refractivity contribution in [3.8, 4) is 5.75 Å². The van der Waals surface area contributed by atoms with Gasteiger partial charge in [0.05, 0.1) is 18.1 Å². The summed E-state index contributed by atoms with van der Waals surface area (Å²) in [6.07, 6.45) is 0. The molecule has 0 heterocycles. The number of sulfone groups is 1. The Labute approximate surface area is 118 Å². The normalized spacial score (nSPS) is 13.7. The Kier molecular flexibility index (Phi) is 5.22. The highest BCUT2D eigenvalue weighted by Gasteiger charge is 2.25. The molecule has 0 saturated carbocycles. The molecule has 0 unspecified atom stereocenters. The number of halogens is 1. The largest absolute Gasteiger partial charge is 0.496 e. The zero-order chi connectivity index (χ0) is 13.9. The molecular weight excluding hydrogens is 316 g/mol. The van der Waals surface area contributed by atoms with E-state index in [0.29, 0.717) is 11.3 Å². The van der Waals surface area contributed by atoms with E-state index in [4.69, 9.17) is 4.74 Å². The zero-order valence-corrected chi connectivity index (χ0v) is 13.5. The molecule has 0 radical (unpaired) electrons. The average Bonchev–Trinajstić information content (AvgIpc) is 2.27. The van der Waals surface area contributed by atoms with Crippen molar-refractivity contribution in [2.45, 2.75) is 31.8 Å². The molecule has 0 aliphatic carbocycles. The van der Waals surface area contributed by atoms with Crippen LogP contribution in [0.25, 0.3) is 0 Å². The summed E-state index contributed by atoms with van der Waals surface area (Å²) in [6, 6.07) is 5.40. The summed E-state index contributed by atoms with van der Waals surface area (Å²) in [6.45, 7) is 5.59. The first-order valence-electron chi connectivity index (χ1n) is 5.82.